The Bertz CT molecular complexity index is 616. The molecule has 2 aliphatic rings. The molecular weight excluding hydrogens is 340 g/mol. The Morgan fingerprint density at radius 1 is 1.26 bits per heavy atom. The summed E-state index contributed by atoms with van der Waals surface area (Å²) in [4.78, 5) is 4.83. The number of ether oxygens (including phenoxy) is 1. The van der Waals surface area contributed by atoms with Gasteiger partial charge in [0.25, 0.3) is 0 Å². The third-order valence-corrected chi connectivity index (χ3v) is 6.08. The average molecular weight is 377 g/mol. The molecule has 3 rings (SSSR count). The van der Waals surface area contributed by atoms with Crippen molar-refractivity contribution in [3.8, 4) is 0 Å². The minimum Gasteiger partial charge on any atom is -0.382 e. The van der Waals surface area contributed by atoms with Gasteiger partial charge >= 0.3 is 0 Å². The minimum absolute atomic E-state index is 0.394. The Morgan fingerprint density at radius 2 is 2.04 bits per heavy atom. The standard InChI is InChI=1S/C20H36N6O/c1-4-27-13-12-20(10-11-20)15-22-19(23-17-8-6-5-7-9-17)21-14-18-25-24-16(2)26(18)3/h17H,4-15H2,1-3H3,(H2,21,22,23). The molecule has 1 aromatic heterocycles. The Hall–Kier alpha value is -1.63. The van der Waals surface area contributed by atoms with E-state index in [0.717, 1.165) is 43.8 Å². The summed E-state index contributed by atoms with van der Waals surface area (Å²) in [6, 6.07) is 0.532. The highest BCUT2D eigenvalue weighted by molar-refractivity contribution is 5.80. The van der Waals surface area contributed by atoms with E-state index >= 15 is 0 Å². The van der Waals surface area contributed by atoms with Gasteiger partial charge in [0.05, 0.1) is 0 Å². The van der Waals surface area contributed by atoms with Gasteiger partial charge in [-0.15, -0.1) is 10.2 Å². The van der Waals surface area contributed by atoms with Crippen LogP contribution in [0.3, 0.4) is 0 Å². The number of nitrogens with one attached hydrogen (secondary N) is 2. The van der Waals surface area contributed by atoms with E-state index in [9.17, 15) is 0 Å². The molecule has 0 amide bonds. The minimum atomic E-state index is 0.394. The lowest BCUT2D eigenvalue weighted by atomic mass is 9.96. The summed E-state index contributed by atoms with van der Waals surface area (Å²) >= 11 is 0. The van der Waals surface area contributed by atoms with Gasteiger partial charge in [-0.05, 0) is 51.4 Å². The van der Waals surface area contributed by atoms with Crippen LogP contribution in [0.2, 0.25) is 0 Å². The predicted octanol–water partition coefficient (Wildman–Crippen LogP) is 2.70. The van der Waals surface area contributed by atoms with E-state index in [-0.39, 0.29) is 0 Å². The second-order valence-electron chi connectivity index (χ2n) is 8.17. The molecule has 1 aromatic rings. The second kappa shape index (κ2) is 9.53. The highest BCUT2D eigenvalue weighted by atomic mass is 16.5. The number of hydrogen-bond donors (Lipinski definition) is 2. The Labute approximate surface area is 163 Å². The molecule has 2 aliphatic carbocycles. The predicted molar refractivity (Wildman–Crippen MR) is 108 cm³/mol. The van der Waals surface area contributed by atoms with Crippen LogP contribution in [-0.4, -0.2) is 46.5 Å². The summed E-state index contributed by atoms with van der Waals surface area (Å²) in [7, 11) is 1.99. The first-order valence-corrected chi connectivity index (χ1v) is 10.6. The second-order valence-corrected chi connectivity index (χ2v) is 8.17. The number of aliphatic imine (C=N–C) groups is 1. The summed E-state index contributed by atoms with van der Waals surface area (Å²) in [6.07, 6.45) is 10.2. The fourth-order valence-corrected chi connectivity index (χ4v) is 3.73. The Morgan fingerprint density at radius 3 is 2.67 bits per heavy atom. The van der Waals surface area contributed by atoms with Crippen LogP contribution in [0.25, 0.3) is 0 Å². The molecule has 2 fully saturated rings. The molecule has 0 aliphatic heterocycles. The van der Waals surface area contributed by atoms with Gasteiger partial charge < -0.3 is 19.9 Å². The molecule has 7 heteroatoms. The number of aryl methyl sites for hydroxylation is 1. The first-order valence-electron chi connectivity index (χ1n) is 10.6. The van der Waals surface area contributed by atoms with Crippen molar-refractivity contribution in [3.63, 3.8) is 0 Å². The summed E-state index contributed by atoms with van der Waals surface area (Å²) < 4.78 is 7.57. The first kappa shape index (κ1) is 20.1. The normalized spacial score (nSPS) is 19.9. The zero-order valence-electron chi connectivity index (χ0n) is 17.3. The highest BCUT2D eigenvalue weighted by Crippen LogP contribution is 2.48. The third-order valence-electron chi connectivity index (χ3n) is 6.08. The smallest absolute Gasteiger partial charge is 0.191 e. The maximum Gasteiger partial charge on any atom is 0.191 e. The lowest BCUT2D eigenvalue weighted by Gasteiger charge is -2.26. The third kappa shape index (κ3) is 5.92. The molecule has 2 saturated carbocycles. The number of rotatable bonds is 9. The van der Waals surface area contributed by atoms with Gasteiger partial charge in [0.2, 0.25) is 0 Å². The molecule has 27 heavy (non-hydrogen) atoms. The first-order chi connectivity index (χ1) is 13.1. The van der Waals surface area contributed by atoms with E-state index in [0.29, 0.717) is 18.0 Å². The lowest BCUT2D eigenvalue weighted by Crippen LogP contribution is -2.46. The van der Waals surface area contributed by atoms with E-state index in [1.54, 1.807) is 0 Å². The van der Waals surface area contributed by atoms with E-state index in [1.807, 2.05) is 18.5 Å². The van der Waals surface area contributed by atoms with Gasteiger partial charge in [0.15, 0.2) is 11.8 Å². The molecule has 0 unspecified atom stereocenters. The van der Waals surface area contributed by atoms with Crippen molar-refractivity contribution in [1.82, 2.24) is 25.4 Å². The number of guanidine groups is 1. The van der Waals surface area contributed by atoms with Gasteiger partial charge in [-0.3, -0.25) is 0 Å². The molecule has 0 bridgehead atoms. The van der Waals surface area contributed by atoms with Gasteiger partial charge in [0, 0.05) is 32.8 Å². The van der Waals surface area contributed by atoms with Crippen LogP contribution in [0.15, 0.2) is 4.99 Å². The maximum atomic E-state index is 5.57. The monoisotopic (exact) mass is 376 g/mol. The van der Waals surface area contributed by atoms with Crippen LogP contribution in [-0.2, 0) is 18.3 Å². The molecule has 1 heterocycles. The Kier molecular flexibility index (Phi) is 7.10. The molecule has 0 spiro atoms. The average Bonchev–Trinajstić information content (AvgIpc) is 3.39. The van der Waals surface area contributed by atoms with Crippen molar-refractivity contribution in [2.45, 2.75) is 77.8 Å². The van der Waals surface area contributed by atoms with Crippen LogP contribution in [0.5, 0.6) is 0 Å². The molecule has 0 radical (unpaired) electrons. The molecule has 0 aromatic carbocycles. The quantitative estimate of drug-likeness (QED) is 0.394. The van der Waals surface area contributed by atoms with Crippen molar-refractivity contribution >= 4 is 5.96 Å². The zero-order valence-corrected chi connectivity index (χ0v) is 17.3. The van der Waals surface area contributed by atoms with Crippen molar-refractivity contribution < 1.29 is 4.74 Å². The molecule has 7 nitrogen and oxygen atoms in total. The number of hydrogen-bond acceptors (Lipinski definition) is 4. The summed E-state index contributed by atoms with van der Waals surface area (Å²) in [5.74, 6) is 2.74. The summed E-state index contributed by atoms with van der Waals surface area (Å²) in [5, 5.41) is 15.7. The summed E-state index contributed by atoms with van der Waals surface area (Å²) in [5.41, 5.74) is 0.394. The van der Waals surface area contributed by atoms with Crippen LogP contribution < -0.4 is 10.6 Å². The fraction of sp³-hybridized carbons (Fsp3) is 0.850. The van der Waals surface area contributed by atoms with Crippen LogP contribution in [0.4, 0.5) is 0 Å². The molecule has 0 atom stereocenters. The zero-order chi connectivity index (χ0) is 19.1. The maximum absolute atomic E-state index is 5.57. The highest BCUT2D eigenvalue weighted by Gasteiger charge is 2.42. The summed E-state index contributed by atoms with van der Waals surface area (Å²) in [6.45, 7) is 7.21. The van der Waals surface area contributed by atoms with E-state index in [1.165, 1.54) is 44.9 Å². The number of aromatic nitrogens is 3. The van der Waals surface area contributed by atoms with Crippen molar-refractivity contribution in [1.29, 1.82) is 0 Å². The lowest BCUT2D eigenvalue weighted by molar-refractivity contribution is 0.128. The van der Waals surface area contributed by atoms with Gasteiger partial charge in [0.1, 0.15) is 12.4 Å². The topological polar surface area (TPSA) is 76.4 Å². The van der Waals surface area contributed by atoms with E-state index < -0.39 is 0 Å². The van der Waals surface area contributed by atoms with E-state index in [4.69, 9.17) is 9.73 Å². The van der Waals surface area contributed by atoms with Gasteiger partial charge in [-0.2, -0.15) is 0 Å². The molecule has 0 saturated heterocycles. The SMILES string of the molecule is CCOCCC1(CNC(=NCc2nnc(C)n2C)NC2CCCCC2)CC1. The van der Waals surface area contributed by atoms with Gasteiger partial charge in [-0.25, -0.2) is 4.99 Å². The molecular formula is C20H36N6O. The number of nitrogens with zero attached hydrogens (tertiary/aromatic N) is 4. The van der Waals surface area contributed by atoms with Crippen LogP contribution >= 0.6 is 0 Å². The molecule has 152 valence electrons. The molecule has 2 N–H and O–H groups in total. The van der Waals surface area contributed by atoms with Crippen LogP contribution in [0, 0.1) is 12.3 Å². The Balaban J connectivity index is 1.58. The van der Waals surface area contributed by atoms with Crippen molar-refractivity contribution in [2.75, 3.05) is 19.8 Å². The fourth-order valence-electron chi connectivity index (χ4n) is 3.73. The van der Waals surface area contributed by atoms with Crippen LogP contribution in [0.1, 0.15) is 69.9 Å². The largest absolute Gasteiger partial charge is 0.382 e. The van der Waals surface area contributed by atoms with E-state index in [2.05, 4.69) is 27.8 Å². The van der Waals surface area contributed by atoms with Crippen molar-refractivity contribution in [2.24, 2.45) is 17.5 Å². The van der Waals surface area contributed by atoms with Crippen molar-refractivity contribution in [3.05, 3.63) is 11.6 Å². The van der Waals surface area contributed by atoms with Gasteiger partial charge in [-0.1, -0.05) is 19.3 Å².